The van der Waals surface area contributed by atoms with Gasteiger partial charge < -0.3 is 10.5 Å². The summed E-state index contributed by atoms with van der Waals surface area (Å²) in [6, 6.07) is 6.05. The quantitative estimate of drug-likeness (QED) is 0.526. The molecule has 98 valence electrons. The van der Waals surface area contributed by atoms with E-state index in [0.29, 0.717) is 5.56 Å². The van der Waals surface area contributed by atoms with Gasteiger partial charge in [-0.25, -0.2) is 4.98 Å². The lowest BCUT2D eigenvalue weighted by atomic mass is 10.2. The van der Waals surface area contributed by atoms with E-state index >= 15 is 0 Å². The average molecular weight is 281 g/mol. The fourth-order valence-corrected chi connectivity index (χ4v) is 1.71. The molecular weight excluding hydrogens is 272 g/mol. The molecule has 0 unspecified atom stereocenters. The molecule has 0 aliphatic carbocycles. The first-order valence-corrected chi connectivity index (χ1v) is 5.57. The van der Waals surface area contributed by atoms with Crippen LogP contribution < -0.4 is 10.5 Å². The van der Waals surface area contributed by atoms with E-state index in [0.717, 1.165) is 0 Å². The molecule has 0 aliphatic heterocycles. The summed E-state index contributed by atoms with van der Waals surface area (Å²) in [5, 5.41) is 11.1. The molecule has 1 aromatic heterocycles. The van der Waals surface area contributed by atoms with Gasteiger partial charge in [-0.15, -0.1) is 0 Å². The standard InChI is InChI=1S/C11H9ClN4O3/c1-6-3-2-4-7(10(6)16(17)18)19-9-5-8(12)14-11(13)15-9/h2-5H,1H3,(H2,13,14,15). The van der Waals surface area contributed by atoms with Crippen LogP contribution in [-0.4, -0.2) is 14.9 Å². The van der Waals surface area contributed by atoms with Crippen LogP contribution in [0.3, 0.4) is 0 Å². The van der Waals surface area contributed by atoms with E-state index in [4.69, 9.17) is 22.1 Å². The molecule has 8 heteroatoms. The molecule has 7 nitrogen and oxygen atoms in total. The Hall–Kier alpha value is -2.41. The molecule has 1 aromatic carbocycles. The number of nitrogen functional groups attached to an aromatic ring is 1. The second-order valence-electron chi connectivity index (χ2n) is 3.67. The zero-order valence-electron chi connectivity index (χ0n) is 9.83. The van der Waals surface area contributed by atoms with Crippen molar-refractivity contribution in [3.63, 3.8) is 0 Å². The molecule has 2 rings (SSSR count). The summed E-state index contributed by atoms with van der Waals surface area (Å²) < 4.78 is 5.36. The van der Waals surface area contributed by atoms with Crippen LogP contribution in [0, 0.1) is 17.0 Å². The summed E-state index contributed by atoms with van der Waals surface area (Å²) in [6.45, 7) is 1.62. The van der Waals surface area contributed by atoms with Crippen LogP contribution in [0.2, 0.25) is 5.15 Å². The number of nitrogens with zero attached hydrogens (tertiary/aromatic N) is 3. The number of benzene rings is 1. The van der Waals surface area contributed by atoms with Gasteiger partial charge in [-0.05, 0) is 13.0 Å². The van der Waals surface area contributed by atoms with Crippen LogP contribution in [0.4, 0.5) is 11.6 Å². The summed E-state index contributed by atoms with van der Waals surface area (Å²) in [5.74, 6) is 0.0446. The molecule has 0 fully saturated rings. The summed E-state index contributed by atoms with van der Waals surface area (Å²) in [4.78, 5) is 18.0. The van der Waals surface area contributed by atoms with E-state index in [1.165, 1.54) is 12.1 Å². The molecule has 0 spiro atoms. The minimum Gasteiger partial charge on any atom is -0.432 e. The first-order chi connectivity index (χ1) is 8.97. The van der Waals surface area contributed by atoms with Gasteiger partial charge >= 0.3 is 5.69 Å². The van der Waals surface area contributed by atoms with E-state index < -0.39 is 4.92 Å². The van der Waals surface area contributed by atoms with Crippen LogP contribution >= 0.6 is 11.6 Å². The lowest BCUT2D eigenvalue weighted by Gasteiger charge is -2.07. The van der Waals surface area contributed by atoms with E-state index in [9.17, 15) is 10.1 Å². The van der Waals surface area contributed by atoms with Gasteiger partial charge in [0.1, 0.15) is 5.15 Å². The maximum atomic E-state index is 11.0. The highest BCUT2D eigenvalue weighted by Crippen LogP contribution is 2.33. The largest absolute Gasteiger partial charge is 0.432 e. The number of ether oxygens (including phenoxy) is 1. The molecule has 2 N–H and O–H groups in total. The second-order valence-corrected chi connectivity index (χ2v) is 4.06. The Labute approximate surface area is 113 Å². The Kier molecular flexibility index (Phi) is 3.48. The fraction of sp³-hybridized carbons (Fsp3) is 0.0909. The van der Waals surface area contributed by atoms with Crippen molar-refractivity contribution in [2.24, 2.45) is 0 Å². The summed E-state index contributed by atoms with van der Waals surface area (Å²) in [6.07, 6.45) is 0. The van der Waals surface area contributed by atoms with Gasteiger partial charge in [0, 0.05) is 11.6 Å². The van der Waals surface area contributed by atoms with Crippen molar-refractivity contribution in [3.8, 4) is 11.6 Å². The Morgan fingerprint density at radius 3 is 2.79 bits per heavy atom. The fourth-order valence-electron chi connectivity index (χ4n) is 1.53. The maximum absolute atomic E-state index is 11.0. The first kappa shape index (κ1) is 13.0. The molecule has 0 aliphatic rings. The molecule has 0 bridgehead atoms. The minimum atomic E-state index is -0.517. The van der Waals surface area contributed by atoms with Crippen LogP contribution in [0.5, 0.6) is 11.6 Å². The number of halogens is 1. The molecule has 19 heavy (non-hydrogen) atoms. The van der Waals surface area contributed by atoms with Gasteiger partial charge in [-0.2, -0.15) is 4.98 Å². The highest BCUT2D eigenvalue weighted by molar-refractivity contribution is 6.29. The Bertz CT molecular complexity index is 628. The summed E-state index contributed by atoms with van der Waals surface area (Å²) in [7, 11) is 0. The highest BCUT2D eigenvalue weighted by Gasteiger charge is 2.19. The van der Waals surface area contributed by atoms with Gasteiger partial charge in [0.25, 0.3) is 0 Å². The third-order valence-corrected chi connectivity index (χ3v) is 2.48. The van der Waals surface area contributed by atoms with Crippen LogP contribution in [0.25, 0.3) is 0 Å². The van der Waals surface area contributed by atoms with Gasteiger partial charge in [-0.1, -0.05) is 23.7 Å². The topological polar surface area (TPSA) is 104 Å². The number of aryl methyl sites for hydroxylation is 1. The number of nitro benzene ring substituents is 1. The smallest absolute Gasteiger partial charge is 0.314 e. The normalized spacial score (nSPS) is 10.2. The van der Waals surface area contributed by atoms with Crippen LogP contribution in [0.15, 0.2) is 24.3 Å². The third-order valence-electron chi connectivity index (χ3n) is 2.29. The zero-order chi connectivity index (χ0) is 14.0. The molecular formula is C11H9ClN4O3. The predicted octanol–water partition coefficient (Wildman–Crippen LogP) is 2.72. The molecule has 0 radical (unpaired) electrons. The van der Waals surface area contributed by atoms with Gasteiger partial charge in [-0.3, -0.25) is 10.1 Å². The number of hydrogen-bond donors (Lipinski definition) is 1. The number of para-hydroxylation sites is 1. The van der Waals surface area contributed by atoms with Crippen molar-refractivity contribution in [1.82, 2.24) is 9.97 Å². The number of hydrogen-bond acceptors (Lipinski definition) is 6. The van der Waals surface area contributed by atoms with Crippen LogP contribution in [0.1, 0.15) is 5.56 Å². The van der Waals surface area contributed by atoms with E-state index in [1.54, 1.807) is 19.1 Å². The Morgan fingerprint density at radius 2 is 2.16 bits per heavy atom. The molecule has 0 saturated carbocycles. The van der Waals surface area contributed by atoms with Gasteiger partial charge in [0.15, 0.2) is 0 Å². The maximum Gasteiger partial charge on any atom is 0.314 e. The van der Waals surface area contributed by atoms with E-state index in [1.807, 2.05) is 0 Å². The molecule has 2 aromatic rings. The molecule has 0 amide bonds. The van der Waals surface area contributed by atoms with Crippen molar-refractivity contribution in [2.75, 3.05) is 5.73 Å². The lowest BCUT2D eigenvalue weighted by Crippen LogP contribution is -2.00. The molecule has 0 atom stereocenters. The molecule has 1 heterocycles. The highest BCUT2D eigenvalue weighted by atomic mass is 35.5. The summed E-state index contributed by atoms with van der Waals surface area (Å²) in [5.41, 5.74) is 5.77. The summed E-state index contributed by atoms with van der Waals surface area (Å²) >= 11 is 5.70. The van der Waals surface area contributed by atoms with E-state index in [-0.39, 0.29) is 28.4 Å². The number of nitro groups is 1. The Morgan fingerprint density at radius 1 is 1.42 bits per heavy atom. The van der Waals surface area contributed by atoms with Crippen molar-refractivity contribution < 1.29 is 9.66 Å². The Balaban J connectivity index is 2.43. The van der Waals surface area contributed by atoms with Gasteiger partial charge in [0.05, 0.1) is 4.92 Å². The van der Waals surface area contributed by atoms with Crippen molar-refractivity contribution >= 4 is 23.2 Å². The van der Waals surface area contributed by atoms with Crippen LogP contribution in [-0.2, 0) is 0 Å². The predicted molar refractivity (Wildman–Crippen MR) is 69.4 cm³/mol. The second kappa shape index (κ2) is 5.07. The number of aromatic nitrogens is 2. The van der Waals surface area contributed by atoms with Crippen molar-refractivity contribution in [1.29, 1.82) is 0 Å². The van der Waals surface area contributed by atoms with Crippen molar-refractivity contribution in [3.05, 3.63) is 45.1 Å². The third kappa shape index (κ3) is 2.89. The minimum absolute atomic E-state index is 0.0474. The number of rotatable bonds is 3. The molecule has 0 saturated heterocycles. The van der Waals surface area contributed by atoms with Gasteiger partial charge in [0.2, 0.25) is 17.6 Å². The first-order valence-electron chi connectivity index (χ1n) is 5.19. The number of nitrogens with two attached hydrogens (primary N) is 1. The SMILES string of the molecule is Cc1cccc(Oc2cc(Cl)nc(N)n2)c1[N+](=O)[O-]. The van der Waals surface area contributed by atoms with E-state index in [2.05, 4.69) is 9.97 Å². The zero-order valence-corrected chi connectivity index (χ0v) is 10.6. The number of anilines is 1. The monoisotopic (exact) mass is 280 g/mol. The lowest BCUT2D eigenvalue weighted by molar-refractivity contribution is -0.386. The average Bonchev–Trinajstić information content (AvgIpc) is 2.26. The van der Waals surface area contributed by atoms with Crippen molar-refractivity contribution in [2.45, 2.75) is 6.92 Å².